The molecular weight excluding hydrogens is 406 g/mol. The standard InChI is InChI=1S/C26H31NO3S/c28-26(29)9-5-17-27-16-4-8-22(27)19-30-23-12-10-21(11-13-23)25-15-14-24(31-25)18-20-6-2-1-3-7-20/h1-3,6-7,10-14,22,25H,4-5,8-9,15-19H2,(H,28,29)/t22-,25?/m1/s1. The summed E-state index contributed by atoms with van der Waals surface area (Å²) in [4.78, 5) is 14.6. The Kier molecular flexibility index (Phi) is 7.71. The molecule has 0 spiro atoms. The summed E-state index contributed by atoms with van der Waals surface area (Å²) in [6.07, 6.45) is 7.73. The summed E-state index contributed by atoms with van der Waals surface area (Å²) in [6.45, 7) is 2.56. The van der Waals surface area contributed by atoms with Crippen molar-refractivity contribution in [2.45, 2.75) is 49.8 Å². The van der Waals surface area contributed by atoms with Crippen molar-refractivity contribution in [1.29, 1.82) is 0 Å². The fourth-order valence-corrected chi connectivity index (χ4v) is 5.71. The van der Waals surface area contributed by atoms with Crippen LogP contribution in [0, 0.1) is 0 Å². The molecule has 1 fully saturated rings. The minimum atomic E-state index is -0.713. The number of hydrogen-bond acceptors (Lipinski definition) is 4. The van der Waals surface area contributed by atoms with Crippen molar-refractivity contribution in [3.05, 3.63) is 76.7 Å². The van der Waals surface area contributed by atoms with Gasteiger partial charge in [-0.25, -0.2) is 0 Å². The average Bonchev–Trinajstić information content (AvgIpc) is 3.43. The van der Waals surface area contributed by atoms with E-state index in [-0.39, 0.29) is 6.42 Å². The van der Waals surface area contributed by atoms with Crippen LogP contribution in [0.25, 0.3) is 0 Å². The van der Waals surface area contributed by atoms with Gasteiger partial charge in [-0.1, -0.05) is 48.5 Å². The van der Waals surface area contributed by atoms with Crippen LogP contribution in [0.15, 0.2) is 65.6 Å². The lowest BCUT2D eigenvalue weighted by atomic mass is 10.1. The SMILES string of the molecule is O=C(O)CCCN1CCC[C@@H]1COc1ccc(C2CC=C(Cc3ccccc3)S2)cc1. The number of carboxylic acid groups (broad SMARTS) is 1. The fraction of sp³-hybridized carbons (Fsp3) is 0.423. The molecule has 4 nitrogen and oxygen atoms in total. The molecule has 164 valence electrons. The third-order valence-corrected chi connectivity index (χ3v) is 7.47. The van der Waals surface area contributed by atoms with E-state index < -0.39 is 5.97 Å². The minimum Gasteiger partial charge on any atom is -0.492 e. The molecule has 1 N–H and O–H groups in total. The molecule has 0 aromatic heterocycles. The molecule has 0 amide bonds. The molecular formula is C26H31NO3S. The van der Waals surface area contributed by atoms with Crippen LogP contribution in [-0.4, -0.2) is 41.7 Å². The van der Waals surface area contributed by atoms with Crippen LogP contribution >= 0.6 is 11.8 Å². The Labute approximate surface area is 189 Å². The number of rotatable bonds is 10. The van der Waals surface area contributed by atoms with E-state index in [0.717, 1.165) is 44.5 Å². The van der Waals surface area contributed by atoms with Crippen molar-refractivity contribution >= 4 is 17.7 Å². The summed E-state index contributed by atoms with van der Waals surface area (Å²) in [6, 6.07) is 19.6. The molecule has 2 aliphatic heterocycles. The van der Waals surface area contributed by atoms with Crippen LogP contribution in [0.5, 0.6) is 5.75 Å². The van der Waals surface area contributed by atoms with Gasteiger partial charge in [0.1, 0.15) is 12.4 Å². The maximum absolute atomic E-state index is 10.7. The first-order valence-electron chi connectivity index (χ1n) is 11.3. The molecule has 1 unspecified atom stereocenters. The molecule has 2 aromatic rings. The van der Waals surface area contributed by atoms with Gasteiger partial charge in [0.25, 0.3) is 0 Å². The first kappa shape index (κ1) is 22.0. The largest absolute Gasteiger partial charge is 0.492 e. The average molecular weight is 438 g/mol. The number of thioether (sulfide) groups is 1. The molecule has 5 heteroatoms. The first-order valence-corrected chi connectivity index (χ1v) is 12.1. The summed E-state index contributed by atoms with van der Waals surface area (Å²) in [5.74, 6) is 0.205. The van der Waals surface area contributed by atoms with E-state index in [4.69, 9.17) is 9.84 Å². The lowest BCUT2D eigenvalue weighted by Gasteiger charge is -2.24. The second-order valence-corrected chi connectivity index (χ2v) is 9.71. The lowest BCUT2D eigenvalue weighted by molar-refractivity contribution is -0.137. The maximum atomic E-state index is 10.7. The van der Waals surface area contributed by atoms with Crippen molar-refractivity contribution in [3.63, 3.8) is 0 Å². The lowest BCUT2D eigenvalue weighted by Crippen LogP contribution is -2.35. The van der Waals surface area contributed by atoms with E-state index in [0.29, 0.717) is 24.3 Å². The quantitative estimate of drug-likeness (QED) is 0.517. The molecule has 2 aliphatic rings. The molecule has 0 aliphatic carbocycles. The zero-order valence-corrected chi connectivity index (χ0v) is 18.7. The van der Waals surface area contributed by atoms with E-state index in [2.05, 4.69) is 65.6 Å². The number of hydrogen-bond donors (Lipinski definition) is 1. The second kappa shape index (κ2) is 10.9. The zero-order chi connectivity index (χ0) is 21.5. The molecule has 2 atom stereocenters. The van der Waals surface area contributed by atoms with Gasteiger partial charge >= 0.3 is 5.97 Å². The normalized spacial score (nSPS) is 21.2. The molecule has 0 bridgehead atoms. The number of likely N-dealkylation sites (tertiary alicyclic amines) is 1. The highest BCUT2D eigenvalue weighted by atomic mass is 32.2. The predicted molar refractivity (Wildman–Crippen MR) is 127 cm³/mol. The molecule has 2 heterocycles. The summed E-state index contributed by atoms with van der Waals surface area (Å²) in [7, 11) is 0. The van der Waals surface area contributed by atoms with Crippen molar-refractivity contribution in [2.75, 3.05) is 19.7 Å². The van der Waals surface area contributed by atoms with Gasteiger partial charge in [-0.05, 0) is 66.9 Å². The Hall–Kier alpha value is -2.24. The number of carbonyl (C=O) groups is 1. The number of aliphatic carboxylic acids is 1. The van der Waals surface area contributed by atoms with Gasteiger partial charge in [-0.3, -0.25) is 9.69 Å². The molecule has 4 rings (SSSR count). The van der Waals surface area contributed by atoms with Crippen molar-refractivity contribution < 1.29 is 14.6 Å². The van der Waals surface area contributed by atoms with E-state index in [1.165, 1.54) is 16.0 Å². The molecule has 2 aromatic carbocycles. The van der Waals surface area contributed by atoms with E-state index in [1.807, 2.05) is 11.8 Å². The summed E-state index contributed by atoms with van der Waals surface area (Å²) >= 11 is 1.98. The fourth-order valence-electron chi connectivity index (χ4n) is 4.42. The number of benzene rings is 2. The van der Waals surface area contributed by atoms with Crippen molar-refractivity contribution in [1.82, 2.24) is 4.90 Å². The second-order valence-electron chi connectivity index (χ2n) is 8.38. The molecule has 31 heavy (non-hydrogen) atoms. The minimum absolute atomic E-state index is 0.243. The van der Waals surface area contributed by atoms with Crippen molar-refractivity contribution in [2.24, 2.45) is 0 Å². The van der Waals surface area contributed by atoms with Gasteiger partial charge in [-0.15, -0.1) is 11.8 Å². The Balaban J connectivity index is 1.23. The number of ether oxygens (including phenoxy) is 1. The zero-order valence-electron chi connectivity index (χ0n) is 17.9. The number of allylic oxidation sites excluding steroid dienone is 2. The highest BCUT2D eigenvalue weighted by molar-refractivity contribution is 8.03. The van der Waals surface area contributed by atoms with Gasteiger partial charge in [0, 0.05) is 24.1 Å². The predicted octanol–water partition coefficient (Wildman–Crippen LogP) is 5.70. The topological polar surface area (TPSA) is 49.8 Å². The van der Waals surface area contributed by atoms with E-state index in [1.54, 1.807) is 0 Å². The first-order chi connectivity index (χ1) is 15.2. The van der Waals surface area contributed by atoms with Crippen LogP contribution in [0.4, 0.5) is 0 Å². The molecule has 0 radical (unpaired) electrons. The molecule has 0 saturated carbocycles. The van der Waals surface area contributed by atoms with Crippen LogP contribution < -0.4 is 4.74 Å². The highest BCUT2D eigenvalue weighted by Crippen LogP contribution is 2.45. The monoisotopic (exact) mass is 437 g/mol. The Bertz CT molecular complexity index is 881. The number of carboxylic acids is 1. The van der Waals surface area contributed by atoms with Crippen LogP contribution in [0.2, 0.25) is 0 Å². The van der Waals surface area contributed by atoms with Crippen molar-refractivity contribution in [3.8, 4) is 5.75 Å². The summed E-state index contributed by atoms with van der Waals surface area (Å²) in [5.41, 5.74) is 2.72. The molecule has 1 saturated heterocycles. The van der Waals surface area contributed by atoms with Crippen LogP contribution in [0.1, 0.15) is 48.5 Å². The van der Waals surface area contributed by atoms with Crippen LogP contribution in [0.3, 0.4) is 0 Å². The van der Waals surface area contributed by atoms with Crippen LogP contribution in [-0.2, 0) is 11.2 Å². The summed E-state index contributed by atoms with van der Waals surface area (Å²) < 4.78 is 6.09. The van der Waals surface area contributed by atoms with E-state index in [9.17, 15) is 4.79 Å². The Morgan fingerprint density at radius 3 is 2.71 bits per heavy atom. The van der Waals surface area contributed by atoms with Gasteiger partial charge in [0.15, 0.2) is 0 Å². The van der Waals surface area contributed by atoms with E-state index >= 15 is 0 Å². The summed E-state index contributed by atoms with van der Waals surface area (Å²) in [5, 5.41) is 9.33. The Morgan fingerprint density at radius 1 is 1.13 bits per heavy atom. The third kappa shape index (κ3) is 6.37. The smallest absolute Gasteiger partial charge is 0.303 e. The van der Waals surface area contributed by atoms with Gasteiger partial charge in [-0.2, -0.15) is 0 Å². The number of nitrogens with zero attached hydrogens (tertiary/aromatic N) is 1. The van der Waals surface area contributed by atoms with Gasteiger partial charge in [0.05, 0.1) is 0 Å². The third-order valence-electron chi connectivity index (χ3n) is 6.10. The van der Waals surface area contributed by atoms with Gasteiger partial charge < -0.3 is 9.84 Å². The highest BCUT2D eigenvalue weighted by Gasteiger charge is 2.25. The Morgan fingerprint density at radius 2 is 1.94 bits per heavy atom. The maximum Gasteiger partial charge on any atom is 0.303 e. The van der Waals surface area contributed by atoms with Gasteiger partial charge in [0.2, 0.25) is 0 Å².